The summed E-state index contributed by atoms with van der Waals surface area (Å²) in [7, 11) is 0. The number of likely N-dealkylation sites (N-methyl/N-ethyl adjacent to an activating group) is 1. The van der Waals surface area contributed by atoms with Gasteiger partial charge in [0, 0.05) is 18.1 Å². The molecule has 4 nitrogen and oxygen atoms in total. The quantitative estimate of drug-likeness (QED) is 0.771. The van der Waals surface area contributed by atoms with Gasteiger partial charge in [0.2, 0.25) is 5.91 Å². The molecule has 1 aromatic rings. The lowest BCUT2D eigenvalue weighted by Crippen LogP contribution is -2.52. The van der Waals surface area contributed by atoms with Crippen LogP contribution < -0.4 is 11.1 Å². The van der Waals surface area contributed by atoms with Crippen LogP contribution in [0.25, 0.3) is 0 Å². The number of hydrogen-bond acceptors (Lipinski definition) is 3. The maximum atomic E-state index is 11.9. The molecular formula is C15H24ClN3O. The molecule has 0 aliphatic rings. The summed E-state index contributed by atoms with van der Waals surface area (Å²) in [5, 5.41) is 3.80. The number of carbonyl (C=O) groups is 1. The molecule has 1 unspecified atom stereocenters. The zero-order valence-corrected chi connectivity index (χ0v) is 13.2. The molecule has 0 saturated carbocycles. The Labute approximate surface area is 126 Å². The molecule has 0 spiro atoms. The van der Waals surface area contributed by atoms with Crippen molar-refractivity contribution in [3.05, 3.63) is 34.9 Å². The molecule has 112 valence electrons. The third-order valence-corrected chi connectivity index (χ3v) is 4.04. The maximum absolute atomic E-state index is 11.9. The number of nitrogens with two attached hydrogens (primary N) is 1. The summed E-state index contributed by atoms with van der Waals surface area (Å²) in [6, 6.07) is 7.29. The van der Waals surface area contributed by atoms with Gasteiger partial charge < -0.3 is 10.6 Å². The van der Waals surface area contributed by atoms with E-state index in [-0.39, 0.29) is 0 Å². The van der Waals surface area contributed by atoms with Crippen molar-refractivity contribution in [3.8, 4) is 0 Å². The molecule has 1 amide bonds. The van der Waals surface area contributed by atoms with E-state index in [0.29, 0.717) is 17.1 Å². The average Bonchev–Trinajstić information content (AvgIpc) is 2.43. The van der Waals surface area contributed by atoms with Crippen LogP contribution in [0.5, 0.6) is 0 Å². The number of amides is 1. The highest BCUT2D eigenvalue weighted by atomic mass is 35.5. The minimum absolute atomic E-state index is 0.426. The highest BCUT2D eigenvalue weighted by Gasteiger charge is 2.34. The molecule has 0 saturated heterocycles. The molecule has 0 heterocycles. The van der Waals surface area contributed by atoms with Crippen molar-refractivity contribution < 1.29 is 4.79 Å². The van der Waals surface area contributed by atoms with Crippen molar-refractivity contribution >= 4 is 17.5 Å². The topological polar surface area (TPSA) is 58.4 Å². The predicted octanol–water partition coefficient (Wildman–Crippen LogP) is 1.97. The lowest BCUT2D eigenvalue weighted by Gasteiger charge is -2.30. The van der Waals surface area contributed by atoms with Crippen molar-refractivity contribution in [2.75, 3.05) is 26.2 Å². The SMILES string of the molecule is CCN(CC)CCNC(C)(C(N)=O)c1ccccc1Cl. The summed E-state index contributed by atoms with van der Waals surface area (Å²) in [5.41, 5.74) is 5.34. The highest BCUT2D eigenvalue weighted by Crippen LogP contribution is 2.27. The lowest BCUT2D eigenvalue weighted by atomic mass is 9.91. The van der Waals surface area contributed by atoms with Crippen molar-refractivity contribution in [3.63, 3.8) is 0 Å². The van der Waals surface area contributed by atoms with E-state index in [4.69, 9.17) is 17.3 Å². The summed E-state index contributed by atoms with van der Waals surface area (Å²) in [6.45, 7) is 9.51. The van der Waals surface area contributed by atoms with Gasteiger partial charge in [-0.1, -0.05) is 43.6 Å². The van der Waals surface area contributed by atoms with Gasteiger partial charge in [0.05, 0.1) is 0 Å². The molecule has 5 heteroatoms. The fourth-order valence-electron chi connectivity index (χ4n) is 2.19. The van der Waals surface area contributed by atoms with Gasteiger partial charge in [0.25, 0.3) is 0 Å². The number of halogens is 1. The van der Waals surface area contributed by atoms with Crippen LogP contribution in [0.3, 0.4) is 0 Å². The number of carbonyl (C=O) groups excluding carboxylic acids is 1. The van der Waals surface area contributed by atoms with Crippen LogP contribution in [-0.4, -0.2) is 37.0 Å². The fourth-order valence-corrected chi connectivity index (χ4v) is 2.51. The van der Waals surface area contributed by atoms with Crippen LogP contribution in [0.15, 0.2) is 24.3 Å². The van der Waals surface area contributed by atoms with Crippen LogP contribution in [0.1, 0.15) is 26.3 Å². The summed E-state index contributed by atoms with van der Waals surface area (Å²) in [4.78, 5) is 14.2. The molecule has 1 aromatic carbocycles. The van der Waals surface area contributed by atoms with Gasteiger partial charge in [-0.25, -0.2) is 0 Å². The molecule has 0 aliphatic heterocycles. The first-order valence-electron chi connectivity index (χ1n) is 6.98. The van der Waals surface area contributed by atoms with E-state index < -0.39 is 11.4 Å². The molecule has 0 radical (unpaired) electrons. The van der Waals surface area contributed by atoms with E-state index in [9.17, 15) is 4.79 Å². The van der Waals surface area contributed by atoms with Crippen LogP contribution >= 0.6 is 11.6 Å². The van der Waals surface area contributed by atoms with Gasteiger partial charge in [0.1, 0.15) is 5.54 Å². The Bertz CT molecular complexity index is 448. The van der Waals surface area contributed by atoms with Crippen LogP contribution in [-0.2, 0) is 10.3 Å². The molecule has 0 fully saturated rings. The van der Waals surface area contributed by atoms with Gasteiger partial charge in [-0.3, -0.25) is 10.1 Å². The maximum Gasteiger partial charge on any atom is 0.242 e. The van der Waals surface area contributed by atoms with E-state index in [1.54, 1.807) is 13.0 Å². The molecular weight excluding hydrogens is 274 g/mol. The largest absolute Gasteiger partial charge is 0.368 e. The second-order valence-corrected chi connectivity index (χ2v) is 5.33. The van der Waals surface area contributed by atoms with Gasteiger partial charge in [-0.2, -0.15) is 0 Å². The summed E-state index contributed by atoms with van der Waals surface area (Å²) < 4.78 is 0. The van der Waals surface area contributed by atoms with E-state index in [0.717, 1.165) is 19.6 Å². The molecule has 3 N–H and O–H groups in total. The van der Waals surface area contributed by atoms with Gasteiger partial charge >= 0.3 is 0 Å². The zero-order valence-electron chi connectivity index (χ0n) is 12.4. The third-order valence-electron chi connectivity index (χ3n) is 3.71. The fraction of sp³-hybridized carbons (Fsp3) is 0.533. The van der Waals surface area contributed by atoms with Crippen LogP contribution in [0.2, 0.25) is 5.02 Å². The Morgan fingerprint density at radius 1 is 1.35 bits per heavy atom. The smallest absolute Gasteiger partial charge is 0.242 e. The molecule has 0 bridgehead atoms. The summed E-state index contributed by atoms with van der Waals surface area (Å²) in [6.07, 6.45) is 0. The second kappa shape index (κ2) is 7.62. The third kappa shape index (κ3) is 3.95. The summed E-state index contributed by atoms with van der Waals surface area (Å²) in [5.74, 6) is -0.426. The number of primary amides is 1. The minimum atomic E-state index is -0.953. The standard InChI is InChI=1S/C15H24ClN3O/c1-4-19(5-2)11-10-18-15(3,14(17)20)12-8-6-7-9-13(12)16/h6-9,18H,4-5,10-11H2,1-3H3,(H2,17,20). The molecule has 0 aliphatic carbocycles. The Balaban J connectivity index is 2.83. The Kier molecular flexibility index (Phi) is 6.46. The number of hydrogen-bond donors (Lipinski definition) is 2. The number of rotatable bonds is 8. The van der Waals surface area contributed by atoms with Crippen molar-refractivity contribution in [1.29, 1.82) is 0 Å². The monoisotopic (exact) mass is 297 g/mol. The van der Waals surface area contributed by atoms with Gasteiger partial charge in [0.15, 0.2) is 0 Å². The number of nitrogens with zero attached hydrogens (tertiary/aromatic N) is 1. The minimum Gasteiger partial charge on any atom is -0.368 e. The molecule has 0 aromatic heterocycles. The second-order valence-electron chi connectivity index (χ2n) is 4.92. The van der Waals surface area contributed by atoms with E-state index >= 15 is 0 Å². The first-order chi connectivity index (χ1) is 9.45. The van der Waals surface area contributed by atoms with Gasteiger partial charge in [-0.05, 0) is 31.6 Å². The molecule has 1 atom stereocenters. The predicted molar refractivity (Wildman–Crippen MR) is 83.8 cm³/mol. The number of nitrogens with one attached hydrogen (secondary N) is 1. The molecule has 1 rings (SSSR count). The van der Waals surface area contributed by atoms with E-state index in [1.165, 1.54) is 0 Å². The van der Waals surface area contributed by atoms with Crippen molar-refractivity contribution in [1.82, 2.24) is 10.2 Å². The first kappa shape index (κ1) is 17.0. The Morgan fingerprint density at radius 3 is 2.45 bits per heavy atom. The first-order valence-corrected chi connectivity index (χ1v) is 7.35. The van der Waals surface area contributed by atoms with Crippen LogP contribution in [0.4, 0.5) is 0 Å². The lowest BCUT2D eigenvalue weighted by molar-refractivity contribution is -0.124. The van der Waals surface area contributed by atoms with Gasteiger partial charge in [-0.15, -0.1) is 0 Å². The normalized spacial score (nSPS) is 14.2. The average molecular weight is 298 g/mol. The zero-order chi connectivity index (χ0) is 15.2. The van der Waals surface area contributed by atoms with Crippen molar-refractivity contribution in [2.24, 2.45) is 5.73 Å². The highest BCUT2D eigenvalue weighted by molar-refractivity contribution is 6.31. The summed E-state index contributed by atoms with van der Waals surface area (Å²) >= 11 is 6.19. The Morgan fingerprint density at radius 2 is 1.95 bits per heavy atom. The molecule has 20 heavy (non-hydrogen) atoms. The Hall–Kier alpha value is -1.10. The van der Waals surface area contributed by atoms with Crippen molar-refractivity contribution in [2.45, 2.75) is 26.3 Å². The van der Waals surface area contributed by atoms with Crippen LogP contribution in [0, 0.1) is 0 Å². The van der Waals surface area contributed by atoms with E-state index in [2.05, 4.69) is 24.1 Å². The van der Waals surface area contributed by atoms with E-state index in [1.807, 2.05) is 18.2 Å². The number of benzene rings is 1.